The molecule has 1 heterocycles. The van der Waals surface area contributed by atoms with Gasteiger partial charge in [0.25, 0.3) is 5.91 Å². The van der Waals surface area contributed by atoms with Gasteiger partial charge in [-0.05, 0) is 32.0 Å². The minimum absolute atomic E-state index is 0.158. The van der Waals surface area contributed by atoms with Gasteiger partial charge >= 0.3 is 0 Å². The molecule has 0 spiro atoms. The Hall–Kier alpha value is -2.35. The summed E-state index contributed by atoms with van der Waals surface area (Å²) in [5, 5.41) is 14.0. The summed E-state index contributed by atoms with van der Waals surface area (Å²) in [6.07, 6.45) is 1.63. The first-order valence-electron chi connectivity index (χ1n) is 7.32. The number of hydrogen-bond acceptors (Lipinski definition) is 5. The van der Waals surface area contributed by atoms with Crippen LogP contribution in [0.2, 0.25) is 0 Å². The van der Waals surface area contributed by atoms with Crippen molar-refractivity contribution in [3.8, 4) is 0 Å². The van der Waals surface area contributed by atoms with Crippen LogP contribution in [0.3, 0.4) is 0 Å². The number of thioether (sulfide) groups is 1. The van der Waals surface area contributed by atoms with Crippen molar-refractivity contribution in [1.29, 1.82) is 0 Å². The van der Waals surface area contributed by atoms with Crippen LogP contribution in [0.1, 0.15) is 24.2 Å². The SMILES string of the molecule is CCNC(=O)c1cccc(NC(=O)CSc2nncn2CC)c1. The Morgan fingerprint density at radius 3 is 2.87 bits per heavy atom. The number of carbonyl (C=O) groups is 2. The number of carbonyl (C=O) groups excluding carboxylic acids is 2. The first-order valence-corrected chi connectivity index (χ1v) is 8.31. The maximum atomic E-state index is 12.0. The molecule has 2 N–H and O–H groups in total. The van der Waals surface area contributed by atoms with Gasteiger partial charge in [0.1, 0.15) is 6.33 Å². The average Bonchev–Trinajstić information content (AvgIpc) is 3.01. The number of rotatable bonds is 7. The van der Waals surface area contributed by atoms with Crippen molar-refractivity contribution < 1.29 is 9.59 Å². The number of aromatic nitrogens is 3. The van der Waals surface area contributed by atoms with Gasteiger partial charge in [-0.25, -0.2) is 0 Å². The van der Waals surface area contributed by atoms with E-state index in [1.807, 2.05) is 18.4 Å². The molecule has 0 atom stereocenters. The molecular weight excluding hydrogens is 314 g/mol. The van der Waals surface area contributed by atoms with Crippen LogP contribution in [-0.4, -0.2) is 38.9 Å². The van der Waals surface area contributed by atoms with E-state index in [0.717, 1.165) is 6.54 Å². The zero-order valence-corrected chi connectivity index (χ0v) is 13.9. The highest BCUT2D eigenvalue weighted by molar-refractivity contribution is 7.99. The smallest absolute Gasteiger partial charge is 0.251 e. The van der Waals surface area contributed by atoms with E-state index < -0.39 is 0 Å². The number of hydrogen-bond donors (Lipinski definition) is 2. The molecular formula is C15H19N5O2S. The van der Waals surface area contributed by atoms with Crippen molar-refractivity contribution >= 4 is 29.3 Å². The fraction of sp³-hybridized carbons (Fsp3) is 0.333. The minimum Gasteiger partial charge on any atom is -0.352 e. The summed E-state index contributed by atoms with van der Waals surface area (Å²) < 4.78 is 1.87. The van der Waals surface area contributed by atoms with E-state index in [1.54, 1.807) is 30.6 Å². The lowest BCUT2D eigenvalue weighted by Gasteiger charge is -2.07. The summed E-state index contributed by atoms with van der Waals surface area (Å²) in [6, 6.07) is 6.85. The van der Waals surface area contributed by atoms with E-state index >= 15 is 0 Å². The van der Waals surface area contributed by atoms with Gasteiger partial charge in [-0.3, -0.25) is 9.59 Å². The van der Waals surface area contributed by atoms with Crippen LogP contribution in [-0.2, 0) is 11.3 Å². The fourth-order valence-electron chi connectivity index (χ4n) is 1.90. The molecule has 0 aliphatic carbocycles. The predicted octanol–water partition coefficient (Wildman–Crippen LogP) is 1.78. The summed E-state index contributed by atoms with van der Waals surface area (Å²) in [4.78, 5) is 23.8. The average molecular weight is 333 g/mol. The molecule has 2 aromatic rings. The van der Waals surface area contributed by atoms with Crippen molar-refractivity contribution in [1.82, 2.24) is 20.1 Å². The molecule has 0 saturated heterocycles. The van der Waals surface area contributed by atoms with Gasteiger partial charge < -0.3 is 15.2 Å². The van der Waals surface area contributed by atoms with Crippen molar-refractivity contribution in [3.63, 3.8) is 0 Å². The second-order valence-corrected chi connectivity index (χ2v) is 5.62. The van der Waals surface area contributed by atoms with E-state index in [0.29, 0.717) is 23.0 Å². The van der Waals surface area contributed by atoms with Crippen LogP contribution in [0, 0.1) is 0 Å². The monoisotopic (exact) mass is 333 g/mol. The number of benzene rings is 1. The highest BCUT2D eigenvalue weighted by Gasteiger charge is 2.10. The number of aryl methyl sites for hydroxylation is 1. The Balaban J connectivity index is 1.92. The molecule has 23 heavy (non-hydrogen) atoms. The summed E-state index contributed by atoms with van der Waals surface area (Å²) in [5.74, 6) is -0.0907. The summed E-state index contributed by atoms with van der Waals surface area (Å²) >= 11 is 1.32. The van der Waals surface area contributed by atoms with Gasteiger partial charge in [-0.2, -0.15) is 0 Å². The molecule has 7 nitrogen and oxygen atoms in total. The fourth-order valence-corrected chi connectivity index (χ4v) is 2.68. The highest BCUT2D eigenvalue weighted by Crippen LogP contribution is 2.16. The van der Waals surface area contributed by atoms with E-state index in [9.17, 15) is 9.59 Å². The molecule has 122 valence electrons. The first-order chi connectivity index (χ1) is 11.1. The summed E-state index contributed by atoms with van der Waals surface area (Å²) in [6.45, 7) is 5.16. The Labute approximate surface area is 138 Å². The number of anilines is 1. The molecule has 0 aliphatic heterocycles. The second-order valence-electron chi connectivity index (χ2n) is 4.68. The van der Waals surface area contributed by atoms with Gasteiger partial charge in [-0.1, -0.05) is 17.8 Å². The van der Waals surface area contributed by atoms with Crippen molar-refractivity contribution in [2.75, 3.05) is 17.6 Å². The largest absolute Gasteiger partial charge is 0.352 e. The van der Waals surface area contributed by atoms with E-state index in [4.69, 9.17) is 0 Å². The quantitative estimate of drug-likeness (QED) is 0.754. The van der Waals surface area contributed by atoms with E-state index in [1.165, 1.54) is 11.8 Å². The van der Waals surface area contributed by atoms with Crippen LogP contribution in [0.15, 0.2) is 35.7 Å². The van der Waals surface area contributed by atoms with Gasteiger partial charge in [0.15, 0.2) is 5.16 Å². The van der Waals surface area contributed by atoms with Gasteiger partial charge in [-0.15, -0.1) is 10.2 Å². The zero-order chi connectivity index (χ0) is 16.7. The standard InChI is InChI=1S/C15H19N5O2S/c1-3-16-14(22)11-6-5-7-12(8-11)18-13(21)9-23-15-19-17-10-20(15)4-2/h5-8,10H,3-4,9H2,1-2H3,(H,16,22)(H,18,21). The molecule has 2 amide bonds. The molecule has 1 aromatic carbocycles. The molecule has 0 radical (unpaired) electrons. The van der Waals surface area contributed by atoms with E-state index in [-0.39, 0.29) is 17.6 Å². The highest BCUT2D eigenvalue weighted by atomic mass is 32.2. The van der Waals surface area contributed by atoms with Gasteiger partial charge in [0.2, 0.25) is 5.91 Å². The first kappa shape index (κ1) is 17.0. The lowest BCUT2D eigenvalue weighted by molar-refractivity contribution is -0.113. The number of nitrogens with one attached hydrogen (secondary N) is 2. The summed E-state index contributed by atoms with van der Waals surface area (Å²) in [5.41, 5.74) is 1.11. The van der Waals surface area contributed by atoms with Gasteiger partial charge in [0, 0.05) is 24.3 Å². The van der Waals surface area contributed by atoms with E-state index in [2.05, 4.69) is 20.8 Å². The molecule has 0 saturated carbocycles. The van der Waals surface area contributed by atoms with Crippen molar-refractivity contribution in [2.24, 2.45) is 0 Å². The minimum atomic E-state index is -0.159. The Bertz CT molecular complexity index is 686. The maximum Gasteiger partial charge on any atom is 0.251 e. The third kappa shape index (κ3) is 4.82. The lowest BCUT2D eigenvalue weighted by atomic mass is 10.2. The Morgan fingerprint density at radius 1 is 1.30 bits per heavy atom. The lowest BCUT2D eigenvalue weighted by Crippen LogP contribution is -2.23. The van der Waals surface area contributed by atoms with Crippen LogP contribution in [0.5, 0.6) is 0 Å². The molecule has 0 bridgehead atoms. The topological polar surface area (TPSA) is 88.9 Å². The molecule has 0 aliphatic rings. The van der Waals surface area contributed by atoms with Crippen LogP contribution < -0.4 is 10.6 Å². The van der Waals surface area contributed by atoms with Crippen LogP contribution in [0.4, 0.5) is 5.69 Å². The Morgan fingerprint density at radius 2 is 2.13 bits per heavy atom. The Kier molecular flexibility index (Phi) is 6.16. The van der Waals surface area contributed by atoms with Crippen LogP contribution >= 0.6 is 11.8 Å². The predicted molar refractivity (Wildman–Crippen MR) is 89.5 cm³/mol. The molecule has 0 fully saturated rings. The summed E-state index contributed by atoms with van der Waals surface area (Å²) in [7, 11) is 0. The third-order valence-corrected chi connectivity index (χ3v) is 3.98. The second kappa shape index (κ2) is 8.33. The third-order valence-electron chi connectivity index (χ3n) is 3.00. The van der Waals surface area contributed by atoms with Gasteiger partial charge in [0.05, 0.1) is 5.75 Å². The zero-order valence-electron chi connectivity index (χ0n) is 13.1. The van der Waals surface area contributed by atoms with Crippen molar-refractivity contribution in [2.45, 2.75) is 25.5 Å². The molecule has 1 aromatic heterocycles. The number of amides is 2. The van der Waals surface area contributed by atoms with Crippen molar-refractivity contribution in [3.05, 3.63) is 36.2 Å². The van der Waals surface area contributed by atoms with Crippen LogP contribution in [0.25, 0.3) is 0 Å². The molecule has 0 unspecified atom stereocenters. The molecule has 2 rings (SSSR count). The normalized spacial score (nSPS) is 10.3. The maximum absolute atomic E-state index is 12.0. The molecule has 8 heteroatoms. The number of nitrogens with zero attached hydrogens (tertiary/aromatic N) is 3.